The van der Waals surface area contributed by atoms with E-state index in [1.54, 1.807) is 36.4 Å². The number of nitrogens with one attached hydrogen (secondary N) is 1. The summed E-state index contributed by atoms with van der Waals surface area (Å²) in [6, 6.07) is 20.1. The highest BCUT2D eigenvalue weighted by Crippen LogP contribution is 2.29. The number of rotatable bonds is 11. The second kappa shape index (κ2) is 14.2. The van der Waals surface area contributed by atoms with Crippen molar-refractivity contribution in [1.29, 1.82) is 0 Å². The Morgan fingerprint density at radius 1 is 0.952 bits per heavy atom. The maximum atomic E-state index is 14.3. The minimum Gasteiger partial charge on any atom is -0.352 e. The van der Waals surface area contributed by atoms with Crippen LogP contribution in [0.2, 0.25) is 5.02 Å². The van der Waals surface area contributed by atoms with Crippen molar-refractivity contribution in [2.24, 2.45) is 0 Å². The van der Waals surface area contributed by atoms with Gasteiger partial charge in [0.1, 0.15) is 12.6 Å². The fourth-order valence-electron chi connectivity index (χ4n) is 5.50. The predicted octanol–water partition coefficient (Wildman–Crippen LogP) is 6.41. The molecule has 0 radical (unpaired) electrons. The summed E-state index contributed by atoms with van der Waals surface area (Å²) in [5.74, 6) is -0.713. The van der Waals surface area contributed by atoms with Gasteiger partial charge in [0.2, 0.25) is 11.8 Å². The molecule has 2 amide bonds. The second-order valence-corrected chi connectivity index (χ2v) is 13.3. The fourth-order valence-corrected chi connectivity index (χ4v) is 7.18. The maximum Gasteiger partial charge on any atom is 0.264 e. The van der Waals surface area contributed by atoms with E-state index in [1.165, 1.54) is 21.3 Å². The normalized spacial score (nSPS) is 14.7. The van der Waals surface area contributed by atoms with Crippen LogP contribution in [0, 0.1) is 13.8 Å². The zero-order valence-corrected chi connectivity index (χ0v) is 26.1. The molecule has 0 spiro atoms. The number of hydrogen-bond acceptors (Lipinski definition) is 4. The molecule has 0 aliphatic heterocycles. The Morgan fingerprint density at radius 3 is 2.29 bits per heavy atom. The Balaban J connectivity index is 1.74. The van der Waals surface area contributed by atoms with E-state index in [9.17, 15) is 18.0 Å². The summed E-state index contributed by atoms with van der Waals surface area (Å²) in [5, 5.41) is 3.64. The molecule has 3 aromatic rings. The van der Waals surface area contributed by atoms with Crippen LogP contribution in [0.1, 0.15) is 62.1 Å². The summed E-state index contributed by atoms with van der Waals surface area (Å²) < 4.78 is 29.3. The molecular formula is C33H40ClN3O4S. The summed E-state index contributed by atoms with van der Waals surface area (Å²) in [7, 11) is -4.12. The van der Waals surface area contributed by atoms with Gasteiger partial charge in [-0.05, 0) is 74.1 Å². The zero-order chi connectivity index (χ0) is 30.3. The molecule has 3 aromatic carbocycles. The van der Waals surface area contributed by atoms with E-state index in [-0.39, 0.29) is 23.4 Å². The monoisotopic (exact) mass is 609 g/mol. The Hall–Kier alpha value is -3.36. The summed E-state index contributed by atoms with van der Waals surface area (Å²) in [4.78, 5) is 29.5. The smallest absolute Gasteiger partial charge is 0.264 e. The average molecular weight is 610 g/mol. The molecule has 1 N–H and O–H groups in total. The minimum absolute atomic E-state index is 0.0706. The van der Waals surface area contributed by atoms with Gasteiger partial charge in [-0.15, -0.1) is 0 Å². The molecule has 0 heterocycles. The first kappa shape index (κ1) is 31.6. The lowest BCUT2D eigenvalue weighted by atomic mass is 9.95. The van der Waals surface area contributed by atoms with E-state index in [1.807, 2.05) is 45.0 Å². The van der Waals surface area contributed by atoms with Gasteiger partial charge in [0.05, 0.1) is 10.6 Å². The van der Waals surface area contributed by atoms with Crippen LogP contribution in [0.5, 0.6) is 0 Å². The van der Waals surface area contributed by atoms with Gasteiger partial charge in [0.15, 0.2) is 0 Å². The van der Waals surface area contributed by atoms with Crippen molar-refractivity contribution in [3.8, 4) is 0 Å². The van der Waals surface area contributed by atoms with Crippen molar-refractivity contribution < 1.29 is 18.0 Å². The van der Waals surface area contributed by atoms with Gasteiger partial charge in [-0.25, -0.2) is 8.42 Å². The molecule has 0 saturated heterocycles. The third-order valence-electron chi connectivity index (χ3n) is 7.88. The van der Waals surface area contributed by atoms with Gasteiger partial charge in [0.25, 0.3) is 10.0 Å². The highest BCUT2D eigenvalue weighted by Gasteiger charge is 2.35. The standard InChI is InChI=1S/C33H40ClN3O4S/c1-4-30(33(39)35-27-14-7-5-8-15-27)36(22-26-13-11-12-18-29(26)34)32(38)23-37(31-21-24(2)19-20-25(31)3)42(40,41)28-16-9-6-10-17-28/h6,9-13,16-21,27,30H,4-5,7-8,14-15,22-23H2,1-3H3,(H,35,39)/t30-/m0/s1. The minimum atomic E-state index is -4.12. The number of carbonyl (C=O) groups excluding carboxylic acids is 2. The Morgan fingerprint density at radius 2 is 1.62 bits per heavy atom. The summed E-state index contributed by atoms with van der Waals surface area (Å²) >= 11 is 6.50. The van der Waals surface area contributed by atoms with E-state index < -0.39 is 28.5 Å². The van der Waals surface area contributed by atoms with Crippen LogP contribution >= 0.6 is 11.6 Å². The van der Waals surface area contributed by atoms with Crippen LogP contribution in [-0.2, 0) is 26.2 Å². The maximum absolute atomic E-state index is 14.3. The quantitative estimate of drug-likeness (QED) is 0.272. The van der Waals surface area contributed by atoms with Gasteiger partial charge in [-0.2, -0.15) is 0 Å². The molecule has 4 rings (SSSR count). The molecule has 1 fully saturated rings. The molecule has 1 aliphatic rings. The predicted molar refractivity (Wildman–Crippen MR) is 168 cm³/mol. The number of hydrogen-bond donors (Lipinski definition) is 1. The number of amides is 2. The molecule has 0 aromatic heterocycles. The second-order valence-electron chi connectivity index (χ2n) is 11.0. The fraction of sp³-hybridized carbons (Fsp3) is 0.394. The van der Waals surface area contributed by atoms with Crippen molar-refractivity contribution in [2.45, 2.75) is 82.8 Å². The summed E-state index contributed by atoms with van der Waals surface area (Å²) in [6.07, 6.45) is 5.47. The van der Waals surface area contributed by atoms with E-state index in [0.29, 0.717) is 28.3 Å². The van der Waals surface area contributed by atoms with E-state index in [0.717, 1.165) is 37.7 Å². The van der Waals surface area contributed by atoms with Crippen molar-refractivity contribution in [1.82, 2.24) is 10.2 Å². The van der Waals surface area contributed by atoms with Gasteiger partial charge >= 0.3 is 0 Å². The summed E-state index contributed by atoms with van der Waals surface area (Å²) in [6.45, 7) is 5.16. The lowest BCUT2D eigenvalue weighted by molar-refractivity contribution is -0.140. The molecule has 1 atom stereocenters. The third kappa shape index (κ3) is 7.53. The highest BCUT2D eigenvalue weighted by molar-refractivity contribution is 7.92. The molecule has 0 bridgehead atoms. The van der Waals surface area contributed by atoms with Crippen molar-refractivity contribution >= 4 is 39.1 Å². The lowest BCUT2D eigenvalue weighted by Gasteiger charge is -2.35. The van der Waals surface area contributed by atoms with Crippen molar-refractivity contribution in [3.05, 3.63) is 94.5 Å². The summed E-state index contributed by atoms with van der Waals surface area (Å²) in [5.41, 5.74) is 2.68. The number of benzene rings is 3. The number of sulfonamides is 1. The van der Waals surface area contributed by atoms with E-state index >= 15 is 0 Å². The SMILES string of the molecule is CC[C@@H](C(=O)NC1CCCCC1)N(Cc1ccccc1Cl)C(=O)CN(c1cc(C)ccc1C)S(=O)(=O)c1ccccc1. The number of nitrogens with zero attached hydrogens (tertiary/aromatic N) is 2. The van der Waals surface area contributed by atoms with E-state index in [2.05, 4.69) is 5.32 Å². The van der Waals surface area contributed by atoms with Gasteiger partial charge < -0.3 is 10.2 Å². The topological polar surface area (TPSA) is 86.8 Å². The van der Waals surface area contributed by atoms with Crippen LogP contribution < -0.4 is 9.62 Å². The zero-order valence-electron chi connectivity index (χ0n) is 24.6. The highest BCUT2D eigenvalue weighted by atomic mass is 35.5. The Kier molecular flexibility index (Phi) is 10.7. The van der Waals surface area contributed by atoms with Crippen LogP contribution in [-0.4, -0.2) is 43.8 Å². The Labute approximate surface area is 254 Å². The number of carbonyl (C=O) groups is 2. The first-order valence-electron chi connectivity index (χ1n) is 14.6. The molecule has 1 saturated carbocycles. The lowest BCUT2D eigenvalue weighted by Crippen LogP contribution is -2.54. The van der Waals surface area contributed by atoms with Crippen molar-refractivity contribution in [3.63, 3.8) is 0 Å². The largest absolute Gasteiger partial charge is 0.352 e. The number of aryl methyl sites for hydroxylation is 2. The molecule has 224 valence electrons. The number of anilines is 1. The third-order valence-corrected chi connectivity index (χ3v) is 10.0. The Bertz CT molecular complexity index is 1490. The first-order chi connectivity index (χ1) is 20.1. The van der Waals surface area contributed by atoms with Gasteiger partial charge in [0, 0.05) is 17.6 Å². The molecule has 7 nitrogen and oxygen atoms in total. The average Bonchev–Trinajstić information content (AvgIpc) is 2.99. The molecule has 9 heteroatoms. The van der Waals surface area contributed by atoms with E-state index in [4.69, 9.17) is 11.6 Å². The van der Waals surface area contributed by atoms with Crippen LogP contribution in [0.3, 0.4) is 0 Å². The molecule has 42 heavy (non-hydrogen) atoms. The van der Waals surface area contributed by atoms with Crippen LogP contribution in [0.15, 0.2) is 77.7 Å². The molecule has 0 unspecified atom stereocenters. The first-order valence-corrected chi connectivity index (χ1v) is 16.4. The van der Waals surface area contributed by atoms with Crippen molar-refractivity contribution in [2.75, 3.05) is 10.8 Å². The van der Waals surface area contributed by atoms with Crippen LogP contribution in [0.4, 0.5) is 5.69 Å². The van der Waals surface area contributed by atoms with Gasteiger partial charge in [-0.1, -0.05) is 86.3 Å². The molecular weight excluding hydrogens is 570 g/mol. The number of halogens is 1. The van der Waals surface area contributed by atoms with Gasteiger partial charge in [-0.3, -0.25) is 13.9 Å². The molecule has 1 aliphatic carbocycles. The van der Waals surface area contributed by atoms with Crippen LogP contribution in [0.25, 0.3) is 0 Å².